The van der Waals surface area contributed by atoms with Crippen molar-refractivity contribution < 1.29 is 19.5 Å². The molecule has 76 valence electrons. The molecule has 0 aliphatic carbocycles. The van der Waals surface area contributed by atoms with Gasteiger partial charge in [-0.25, -0.2) is 5.01 Å². The van der Waals surface area contributed by atoms with Crippen molar-refractivity contribution in [3.8, 4) is 0 Å². The van der Waals surface area contributed by atoms with Crippen LogP contribution < -0.4 is 0 Å². The highest BCUT2D eigenvalue weighted by Gasteiger charge is 2.24. The Labute approximate surface area is 80.4 Å². The van der Waals surface area contributed by atoms with E-state index in [1.807, 2.05) is 0 Å². The normalized spacial score (nSPS) is 17.2. The molecule has 0 saturated heterocycles. The molecule has 0 aromatic rings. The molecule has 1 aliphatic heterocycles. The molecule has 0 aromatic heterocycles. The van der Waals surface area contributed by atoms with E-state index in [1.165, 1.54) is 19.2 Å². The van der Waals surface area contributed by atoms with Gasteiger partial charge in [-0.2, -0.15) is 0 Å². The van der Waals surface area contributed by atoms with Crippen molar-refractivity contribution in [2.75, 3.05) is 13.6 Å². The van der Waals surface area contributed by atoms with Gasteiger partial charge in [0.15, 0.2) is 0 Å². The highest BCUT2D eigenvalue weighted by atomic mass is 16.4. The molecule has 0 radical (unpaired) electrons. The summed E-state index contributed by atoms with van der Waals surface area (Å²) in [6.45, 7) is -0.509. The Bertz CT molecular complexity index is 310. The van der Waals surface area contributed by atoms with Crippen molar-refractivity contribution in [3.05, 3.63) is 12.2 Å². The molecule has 0 bridgehead atoms. The number of rotatable bonds is 2. The molecular formula is C8H10N2O4. The first-order valence-electron chi connectivity index (χ1n) is 3.98. The van der Waals surface area contributed by atoms with E-state index in [-0.39, 0.29) is 12.3 Å². The summed E-state index contributed by atoms with van der Waals surface area (Å²) in [6, 6.07) is 0. The average Bonchev–Trinajstić information content (AvgIpc) is 2.20. The number of nitrogens with zero attached hydrogens (tertiary/aromatic N) is 2. The molecule has 1 heterocycles. The Morgan fingerprint density at radius 3 is 2.79 bits per heavy atom. The smallest absolute Gasteiger partial charge is 0.325 e. The van der Waals surface area contributed by atoms with Gasteiger partial charge in [0.1, 0.15) is 6.54 Å². The lowest BCUT2D eigenvalue weighted by molar-refractivity contribution is -0.162. The Hall–Kier alpha value is -1.85. The minimum atomic E-state index is -1.16. The van der Waals surface area contributed by atoms with Crippen LogP contribution in [0.5, 0.6) is 0 Å². The fourth-order valence-electron chi connectivity index (χ4n) is 1.07. The van der Waals surface area contributed by atoms with Crippen molar-refractivity contribution in [2.24, 2.45) is 0 Å². The molecule has 1 aliphatic rings. The second-order valence-corrected chi connectivity index (χ2v) is 2.81. The monoisotopic (exact) mass is 198 g/mol. The number of amides is 2. The van der Waals surface area contributed by atoms with Crippen LogP contribution in [0.15, 0.2) is 12.2 Å². The lowest BCUT2D eigenvalue weighted by Crippen LogP contribution is -2.48. The van der Waals surface area contributed by atoms with Gasteiger partial charge in [-0.1, -0.05) is 6.08 Å². The van der Waals surface area contributed by atoms with Crippen LogP contribution in [0.3, 0.4) is 0 Å². The quantitative estimate of drug-likeness (QED) is 0.632. The van der Waals surface area contributed by atoms with Gasteiger partial charge in [-0.15, -0.1) is 0 Å². The van der Waals surface area contributed by atoms with Crippen LogP contribution in [0, 0.1) is 0 Å². The summed E-state index contributed by atoms with van der Waals surface area (Å²) in [6.07, 6.45) is 2.73. The maximum Gasteiger partial charge on any atom is 0.325 e. The summed E-state index contributed by atoms with van der Waals surface area (Å²) in [4.78, 5) is 32.9. The van der Waals surface area contributed by atoms with E-state index in [2.05, 4.69) is 0 Å². The predicted octanol–water partition coefficient (Wildman–Crippen LogP) is -0.767. The molecule has 6 heteroatoms. The van der Waals surface area contributed by atoms with Crippen LogP contribution in [0.4, 0.5) is 0 Å². The number of carboxylic acids is 1. The number of aliphatic carboxylic acids is 1. The third-order valence-corrected chi connectivity index (χ3v) is 1.82. The van der Waals surface area contributed by atoms with Crippen LogP contribution >= 0.6 is 0 Å². The maximum atomic E-state index is 11.3. The minimum Gasteiger partial charge on any atom is -0.480 e. The van der Waals surface area contributed by atoms with E-state index in [9.17, 15) is 14.4 Å². The van der Waals surface area contributed by atoms with Crippen molar-refractivity contribution in [1.29, 1.82) is 0 Å². The van der Waals surface area contributed by atoms with Crippen LogP contribution in [-0.4, -0.2) is 46.5 Å². The topological polar surface area (TPSA) is 77.9 Å². The summed E-state index contributed by atoms with van der Waals surface area (Å²) < 4.78 is 0. The molecule has 14 heavy (non-hydrogen) atoms. The summed E-state index contributed by atoms with van der Waals surface area (Å²) in [5.41, 5.74) is 0. The van der Waals surface area contributed by atoms with Gasteiger partial charge in [-0.3, -0.25) is 19.4 Å². The second kappa shape index (κ2) is 3.91. The van der Waals surface area contributed by atoms with Gasteiger partial charge in [-0.05, 0) is 0 Å². The largest absolute Gasteiger partial charge is 0.480 e. The van der Waals surface area contributed by atoms with E-state index < -0.39 is 18.4 Å². The first-order valence-corrected chi connectivity index (χ1v) is 3.98. The standard InChI is InChI=1S/C8H10N2O4/c1-9-6(11)3-2-4-7(12)10(9)5-8(13)14/h2,4H,3,5H2,1H3,(H,13,14). The van der Waals surface area contributed by atoms with Crippen molar-refractivity contribution in [2.45, 2.75) is 6.42 Å². The zero-order valence-electron chi connectivity index (χ0n) is 7.64. The van der Waals surface area contributed by atoms with E-state index >= 15 is 0 Å². The fourth-order valence-corrected chi connectivity index (χ4v) is 1.07. The molecule has 6 nitrogen and oxygen atoms in total. The Morgan fingerprint density at radius 1 is 1.57 bits per heavy atom. The third kappa shape index (κ3) is 2.09. The van der Waals surface area contributed by atoms with E-state index in [0.717, 1.165) is 10.0 Å². The lowest BCUT2D eigenvalue weighted by Gasteiger charge is -2.27. The number of hydrogen-bond donors (Lipinski definition) is 1. The molecule has 0 atom stereocenters. The molecule has 0 spiro atoms. The van der Waals surface area contributed by atoms with Crippen LogP contribution in [0.1, 0.15) is 6.42 Å². The number of carboxylic acid groups (broad SMARTS) is 1. The van der Waals surface area contributed by atoms with E-state index in [0.29, 0.717) is 0 Å². The van der Waals surface area contributed by atoms with Crippen molar-refractivity contribution in [3.63, 3.8) is 0 Å². The zero-order chi connectivity index (χ0) is 10.7. The van der Waals surface area contributed by atoms with Crippen LogP contribution in [0.2, 0.25) is 0 Å². The summed E-state index contributed by atoms with van der Waals surface area (Å²) >= 11 is 0. The van der Waals surface area contributed by atoms with Crippen molar-refractivity contribution in [1.82, 2.24) is 10.0 Å². The highest BCUT2D eigenvalue weighted by Crippen LogP contribution is 2.05. The van der Waals surface area contributed by atoms with Gasteiger partial charge in [0.05, 0.1) is 0 Å². The van der Waals surface area contributed by atoms with Gasteiger partial charge in [0.25, 0.3) is 5.91 Å². The van der Waals surface area contributed by atoms with Crippen LogP contribution in [-0.2, 0) is 14.4 Å². The predicted molar refractivity (Wildman–Crippen MR) is 45.9 cm³/mol. The number of carbonyl (C=O) groups excluding carboxylic acids is 2. The average molecular weight is 198 g/mol. The number of hydrogen-bond acceptors (Lipinski definition) is 3. The minimum absolute atomic E-state index is 0.109. The molecule has 0 saturated carbocycles. The molecular weight excluding hydrogens is 188 g/mol. The van der Waals surface area contributed by atoms with Crippen molar-refractivity contribution >= 4 is 17.8 Å². The lowest BCUT2D eigenvalue weighted by atomic mass is 10.3. The highest BCUT2D eigenvalue weighted by molar-refractivity contribution is 5.94. The summed E-state index contributed by atoms with van der Waals surface area (Å²) in [5.74, 6) is -1.97. The molecule has 2 amide bonds. The third-order valence-electron chi connectivity index (χ3n) is 1.82. The Kier molecular flexibility index (Phi) is 2.85. The SMILES string of the molecule is CN1C(=O)CC=CC(=O)N1CC(=O)O. The Balaban J connectivity index is 2.86. The van der Waals surface area contributed by atoms with Gasteiger partial charge >= 0.3 is 5.97 Å². The molecule has 0 fully saturated rings. The van der Waals surface area contributed by atoms with E-state index in [4.69, 9.17) is 5.11 Å². The maximum absolute atomic E-state index is 11.3. The molecule has 1 rings (SSSR count). The number of carbonyl (C=O) groups is 3. The van der Waals surface area contributed by atoms with E-state index in [1.54, 1.807) is 0 Å². The Morgan fingerprint density at radius 2 is 2.21 bits per heavy atom. The van der Waals surface area contributed by atoms with Gasteiger partial charge in [0, 0.05) is 19.5 Å². The molecule has 0 aromatic carbocycles. The first-order chi connectivity index (χ1) is 6.52. The number of hydrazine groups is 1. The fraction of sp³-hybridized carbons (Fsp3) is 0.375. The van der Waals surface area contributed by atoms with Gasteiger partial charge < -0.3 is 5.11 Å². The van der Waals surface area contributed by atoms with Crippen LogP contribution in [0.25, 0.3) is 0 Å². The molecule has 1 N–H and O–H groups in total. The van der Waals surface area contributed by atoms with Gasteiger partial charge in [0.2, 0.25) is 5.91 Å². The summed E-state index contributed by atoms with van der Waals surface area (Å²) in [5, 5.41) is 10.4. The summed E-state index contributed by atoms with van der Waals surface area (Å²) in [7, 11) is 1.37. The zero-order valence-corrected chi connectivity index (χ0v) is 7.64. The second-order valence-electron chi connectivity index (χ2n) is 2.81. The first kappa shape index (κ1) is 10.2. The molecule has 0 unspecified atom stereocenters.